The number of ether oxygens (including phenoxy) is 2. The molecule has 1 atom stereocenters. The Labute approximate surface area is 163 Å². The van der Waals surface area contributed by atoms with Crippen LogP contribution in [0.5, 0.6) is 5.75 Å². The van der Waals surface area contributed by atoms with Gasteiger partial charge in [-0.2, -0.15) is 0 Å². The number of thioether (sulfide) groups is 1. The molecule has 0 bridgehead atoms. The zero-order chi connectivity index (χ0) is 19.1. The minimum atomic E-state index is -0.294. The first-order valence-electron chi connectivity index (χ1n) is 8.64. The number of hydrogen-bond acceptors (Lipinski definition) is 6. The number of esters is 1. The molecular weight excluding hydrogens is 374 g/mol. The van der Waals surface area contributed by atoms with Gasteiger partial charge in [0.1, 0.15) is 17.6 Å². The van der Waals surface area contributed by atoms with E-state index in [1.54, 1.807) is 6.92 Å². The Bertz CT molecular complexity index is 751. The van der Waals surface area contributed by atoms with Crippen LogP contribution in [0.2, 0.25) is 5.02 Å². The first kappa shape index (κ1) is 20.6. The highest BCUT2D eigenvalue weighted by molar-refractivity contribution is 8.00. The Hall–Kier alpha value is -1.73. The van der Waals surface area contributed by atoms with Crippen LogP contribution in [0, 0.1) is 6.92 Å². The highest BCUT2D eigenvalue weighted by Gasteiger charge is 2.23. The van der Waals surface area contributed by atoms with E-state index in [-0.39, 0.29) is 11.2 Å². The Morgan fingerprint density at radius 2 is 2.08 bits per heavy atom. The lowest BCUT2D eigenvalue weighted by molar-refractivity contribution is -0.142. The maximum absolute atomic E-state index is 12.0. The van der Waals surface area contributed by atoms with E-state index in [1.165, 1.54) is 11.8 Å². The van der Waals surface area contributed by atoms with Gasteiger partial charge in [-0.05, 0) is 51.0 Å². The Morgan fingerprint density at radius 3 is 2.69 bits per heavy atom. The fraction of sp³-hybridized carbons (Fsp3) is 0.500. The van der Waals surface area contributed by atoms with Crippen LogP contribution < -0.4 is 4.74 Å². The summed E-state index contributed by atoms with van der Waals surface area (Å²) in [5.74, 6) is 1.21. The van der Waals surface area contributed by atoms with Crippen molar-refractivity contribution in [3.8, 4) is 5.75 Å². The highest BCUT2D eigenvalue weighted by Crippen LogP contribution is 2.26. The molecule has 2 aromatic rings. The molecule has 1 aromatic heterocycles. The van der Waals surface area contributed by atoms with Crippen LogP contribution in [0.15, 0.2) is 23.4 Å². The smallest absolute Gasteiger partial charge is 0.319 e. The molecule has 0 aliphatic carbocycles. The second kappa shape index (κ2) is 9.83. The van der Waals surface area contributed by atoms with Gasteiger partial charge in [-0.1, -0.05) is 30.3 Å². The Morgan fingerprint density at radius 1 is 1.31 bits per heavy atom. The molecule has 1 heterocycles. The largest absolute Gasteiger partial charge is 0.486 e. The van der Waals surface area contributed by atoms with Crippen LogP contribution in [0.3, 0.4) is 0 Å². The number of carbonyl (C=O) groups is 1. The molecule has 0 saturated heterocycles. The maximum Gasteiger partial charge on any atom is 0.319 e. The third-order valence-electron chi connectivity index (χ3n) is 3.77. The van der Waals surface area contributed by atoms with Crippen molar-refractivity contribution in [3.63, 3.8) is 0 Å². The lowest BCUT2D eigenvalue weighted by Gasteiger charge is -2.14. The predicted molar refractivity (Wildman–Crippen MR) is 103 cm³/mol. The van der Waals surface area contributed by atoms with Crippen molar-refractivity contribution < 1.29 is 14.3 Å². The molecule has 2 rings (SSSR count). The quantitative estimate of drug-likeness (QED) is 0.465. The zero-order valence-corrected chi connectivity index (χ0v) is 17.1. The summed E-state index contributed by atoms with van der Waals surface area (Å²) < 4.78 is 12.9. The molecule has 0 amide bonds. The SMILES string of the molecule is CCOC(=O)[C@@H](CC)Sc1nnc(COc2ccc(Cl)c(C)c2)n1CC. The lowest BCUT2D eigenvalue weighted by Crippen LogP contribution is -2.20. The van der Waals surface area contributed by atoms with E-state index in [0.717, 1.165) is 11.3 Å². The van der Waals surface area contributed by atoms with Crippen molar-refractivity contribution in [2.24, 2.45) is 0 Å². The van der Waals surface area contributed by atoms with Crippen molar-refractivity contribution in [2.75, 3.05) is 6.61 Å². The van der Waals surface area contributed by atoms with Gasteiger partial charge in [0.15, 0.2) is 11.0 Å². The molecule has 0 aliphatic heterocycles. The van der Waals surface area contributed by atoms with Gasteiger partial charge in [-0.15, -0.1) is 10.2 Å². The third-order valence-corrected chi connectivity index (χ3v) is 5.52. The monoisotopic (exact) mass is 397 g/mol. The van der Waals surface area contributed by atoms with Crippen molar-refractivity contribution >= 4 is 29.3 Å². The number of halogens is 1. The van der Waals surface area contributed by atoms with Gasteiger partial charge in [0.2, 0.25) is 0 Å². The molecular formula is C18H24ClN3O3S. The number of aromatic nitrogens is 3. The summed E-state index contributed by atoms with van der Waals surface area (Å²) in [6.07, 6.45) is 0.663. The highest BCUT2D eigenvalue weighted by atomic mass is 35.5. The topological polar surface area (TPSA) is 66.2 Å². The summed E-state index contributed by atoms with van der Waals surface area (Å²) >= 11 is 7.41. The molecule has 1 aromatic carbocycles. The first-order valence-corrected chi connectivity index (χ1v) is 9.90. The molecule has 26 heavy (non-hydrogen) atoms. The molecule has 6 nitrogen and oxygen atoms in total. The average Bonchev–Trinajstić information content (AvgIpc) is 3.02. The van der Waals surface area contributed by atoms with Gasteiger partial charge in [-0.25, -0.2) is 0 Å². The van der Waals surface area contributed by atoms with Crippen LogP contribution >= 0.6 is 23.4 Å². The number of rotatable bonds is 9. The minimum Gasteiger partial charge on any atom is -0.486 e. The molecule has 0 spiro atoms. The van der Waals surface area contributed by atoms with E-state index < -0.39 is 0 Å². The van der Waals surface area contributed by atoms with Crippen LogP contribution in [-0.2, 0) is 22.7 Å². The molecule has 0 saturated carbocycles. The molecule has 0 aliphatic rings. The molecule has 0 radical (unpaired) electrons. The minimum absolute atomic E-state index is 0.222. The second-order valence-corrected chi connectivity index (χ2v) is 7.19. The molecule has 0 unspecified atom stereocenters. The first-order chi connectivity index (χ1) is 12.5. The van der Waals surface area contributed by atoms with E-state index in [9.17, 15) is 4.79 Å². The van der Waals surface area contributed by atoms with E-state index in [0.29, 0.717) is 42.2 Å². The second-order valence-electron chi connectivity index (χ2n) is 5.61. The van der Waals surface area contributed by atoms with Gasteiger partial charge in [0.25, 0.3) is 0 Å². The zero-order valence-electron chi connectivity index (χ0n) is 15.5. The fourth-order valence-corrected chi connectivity index (χ4v) is 3.50. The van der Waals surface area contributed by atoms with Gasteiger partial charge >= 0.3 is 5.97 Å². The van der Waals surface area contributed by atoms with Crippen LogP contribution in [0.1, 0.15) is 38.6 Å². The summed E-state index contributed by atoms with van der Waals surface area (Å²) in [5, 5.41) is 9.56. The van der Waals surface area contributed by atoms with Crippen molar-refractivity contribution in [3.05, 3.63) is 34.6 Å². The summed E-state index contributed by atoms with van der Waals surface area (Å²) in [7, 11) is 0. The number of benzene rings is 1. The Kier molecular flexibility index (Phi) is 7.78. The third kappa shape index (κ3) is 5.14. The number of carbonyl (C=O) groups excluding carboxylic acids is 1. The molecule has 142 valence electrons. The van der Waals surface area contributed by atoms with Crippen molar-refractivity contribution in [2.45, 2.75) is 57.7 Å². The summed E-state index contributed by atoms with van der Waals surface area (Å²) in [6, 6.07) is 5.52. The van der Waals surface area contributed by atoms with Gasteiger partial charge in [-0.3, -0.25) is 4.79 Å². The van der Waals surface area contributed by atoms with Crippen molar-refractivity contribution in [1.82, 2.24) is 14.8 Å². The van der Waals surface area contributed by atoms with Gasteiger partial charge < -0.3 is 14.0 Å². The van der Waals surface area contributed by atoms with E-state index in [1.807, 2.05) is 43.5 Å². The van der Waals surface area contributed by atoms with Gasteiger partial charge in [0.05, 0.1) is 6.61 Å². The van der Waals surface area contributed by atoms with E-state index in [2.05, 4.69) is 10.2 Å². The molecule has 0 N–H and O–H groups in total. The van der Waals surface area contributed by atoms with Crippen LogP contribution in [0.4, 0.5) is 0 Å². The van der Waals surface area contributed by atoms with E-state index in [4.69, 9.17) is 21.1 Å². The summed E-state index contributed by atoms with van der Waals surface area (Å²) in [4.78, 5) is 12.0. The maximum atomic E-state index is 12.0. The fourth-order valence-electron chi connectivity index (χ4n) is 2.35. The van der Waals surface area contributed by atoms with Gasteiger partial charge in [0, 0.05) is 11.6 Å². The normalized spacial score (nSPS) is 12.0. The molecule has 0 fully saturated rings. The summed E-state index contributed by atoms with van der Waals surface area (Å²) in [5.41, 5.74) is 0.956. The predicted octanol–water partition coefficient (Wildman–Crippen LogP) is 4.27. The lowest BCUT2D eigenvalue weighted by atomic mass is 10.2. The summed E-state index contributed by atoms with van der Waals surface area (Å²) in [6.45, 7) is 9.04. The standard InChI is InChI=1S/C18H24ClN3O3S/c1-5-15(17(23)24-7-3)26-18-21-20-16(22(18)6-2)11-25-13-8-9-14(19)12(4)10-13/h8-10,15H,5-7,11H2,1-4H3/t15-/m1/s1. The average molecular weight is 398 g/mol. The van der Waals surface area contributed by atoms with Crippen molar-refractivity contribution in [1.29, 1.82) is 0 Å². The number of hydrogen-bond donors (Lipinski definition) is 0. The number of aryl methyl sites for hydroxylation is 1. The van der Waals surface area contributed by atoms with E-state index >= 15 is 0 Å². The molecule has 8 heteroatoms. The Balaban J connectivity index is 2.08. The van der Waals surface area contributed by atoms with Crippen LogP contribution in [-0.4, -0.2) is 32.6 Å². The number of nitrogens with zero attached hydrogens (tertiary/aromatic N) is 3. The van der Waals surface area contributed by atoms with Crippen LogP contribution in [0.25, 0.3) is 0 Å².